The highest BCUT2D eigenvalue weighted by atomic mass is 19.1. The van der Waals surface area contributed by atoms with Crippen LogP contribution in [-0.2, 0) is 12.5 Å². The molecule has 6 rings (SSSR count). The van der Waals surface area contributed by atoms with E-state index in [9.17, 15) is 4.39 Å². The van der Waals surface area contributed by atoms with E-state index < -0.39 is 0 Å². The number of aryl methyl sites for hydroxylation is 2. The summed E-state index contributed by atoms with van der Waals surface area (Å²) in [7, 11) is 1.84. The van der Waals surface area contributed by atoms with Crippen LogP contribution in [0.25, 0.3) is 55.4 Å². The number of nitrogens with zero attached hydrogens (tertiary/aromatic N) is 1. The molecule has 0 atom stereocenters. The predicted molar refractivity (Wildman–Crippen MR) is 155 cm³/mol. The SMILES string of the molecule is Cc1ccc2c(oc3c(-c4ccc(-c5ccccc5)cc4)c(F)ccc32)c1-c1cc(C(C)(C)C)c(F)c[n+]1C. The molecule has 0 aliphatic rings. The maximum absolute atomic E-state index is 15.4. The largest absolute Gasteiger partial charge is 0.454 e. The summed E-state index contributed by atoms with van der Waals surface area (Å²) in [5.74, 6) is -0.582. The predicted octanol–water partition coefficient (Wildman–Crippen LogP) is 9.30. The molecule has 4 heteroatoms. The maximum atomic E-state index is 15.4. The van der Waals surface area contributed by atoms with Crippen molar-refractivity contribution in [2.24, 2.45) is 7.05 Å². The van der Waals surface area contributed by atoms with Gasteiger partial charge in [0.25, 0.3) is 0 Å². The highest BCUT2D eigenvalue weighted by molar-refractivity contribution is 6.13. The molecule has 0 bridgehead atoms. The van der Waals surface area contributed by atoms with Gasteiger partial charge in [-0.25, -0.2) is 8.78 Å². The minimum absolute atomic E-state index is 0.244. The lowest BCUT2D eigenvalue weighted by Crippen LogP contribution is -2.33. The molecule has 0 aliphatic heterocycles. The van der Waals surface area contributed by atoms with Crippen molar-refractivity contribution >= 4 is 21.9 Å². The lowest BCUT2D eigenvalue weighted by molar-refractivity contribution is -0.662. The van der Waals surface area contributed by atoms with Crippen molar-refractivity contribution in [2.45, 2.75) is 33.1 Å². The zero-order chi connectivity index (χ0) is 27.5. The van der Waals surface area contributed by atoms with Gasteiger partial charge in [0, 0.05) is 22.4 Å². The van der Waals surface area contributed by atoms with E-state index in [-0.39, 0.29) is 17.0 Å². The van der Waals surface area contributed by atoms with E-state index in [1.54, 1.807) is 10.6 Å². The summed E-state index contributed by atoms with van der Waals surface area (Å²) in [6, 6.07) is 27.3. The second-order valence-electron chi connectivity index (χ2n) is 11.3. The van der Waals surface area contributed by atoms with Crippen LogP contribution in [0.3, 0.4) is 0 Å². The molecule has 0 amide bonds. The molecule has 0 saturated heterocycles. The third kappa shape index (κ3) is 4.21. The molecule has 2 aromatic heterocycles. The van der Waals surface area contributed by atoms with Crippen LogP contribution in [0.15, 0.2) is 95.5 Å². The zero-order valence-electron chi connectivity index (χ0n) is 22.8. The van der Waals surface area contributed by atoms with E-state index in [0.29, 0.717) is 22.3 Å². The number of hydrogen-bond donors (Lipinski definition) is 0. The molecule has 6 aromatic rings. The average Bonchev–Trinajstić information content (AvgIpc) is 3.27. The van der Waals surface area contributed by atoms with Crippen LogP contribution in [0.2, 0.25) is 0 Å². The minimum atomic E-state index is -0.370. The Morgan fingerprint density at radius 2 is 1.26 bits per heavy atom. The molecule has 0 aliphatic carbocycles. The quantitative estimate of drug-likeness (QED) is 0.213. The number of rotatable bonds is 3. The molecule has 2 heterocycles. The summed E-state index contributed by atoms with van der Waals surface area (Å²) in [5, 5.41) is 1.74. The van der Waals surface area contributed by atoms with Crippen LogP contribution in [0, 0.1) is 18.6 Å². The summed E-state index contributed by atoms with van der Waals surface area (Å²) in [6.07, 6.45) is 1.52. The fourth-order valence-electron chi connectivity index (χ4n) is 5.47. The molecule has 0 unspecified atom stereocenters. The Labute approximate surface area is 227 Å². The summed E-state index contributed by atoms with van der Waals surface area (Å²) >= 11 is 0. The molecule has 39 heavy (non-hydrogen) atoms. The Balaban J connectivity index is 1.58. The number of benzene rings is 4. The topological polar surface area (TPSA) is 17.0 Å². The second-order valence-corrected chi connectivity index (χ2v) is 11.3. The Morgan fingerprint density at radius 1 is 0.667 bits per heavy atom. The first-order valence-corrected chi connectivity index (χ1v) is 13.1. The van der Waals surface area contributed by atoms with Gasteiger partial charge in [0.2, 0.25) is 11.9 Å². The molecule has 194 valence electrons. The van der Waals surface area contributed by atoms with Crippen LogP contribution >= 0.6 is 0 Å². The van der Waals surface area contributed by atoms with Gasteiger partial charge in [-0.05, 0) is 46.7 Å². The van der Waals surface area contributed by atoms with E-state index in [0.717, 1.165) is 44.3 Å². The Kier molecular flexibility index (Phi) is 5.87. The van der Waals surface area contributed by atoms with Gasteiger partial charge >= 0.3 is 0 Å². The Hall–Kier alpha value is -4.31. The van der Waals surface area contributed by atoms with Crippen LogP contribution in [0.4, 0.5) is 8.78 Å². The molecule has 0 spiro atoms. The fraction of sp³-hybridized carbons (Fsp3) is 0.171. The molecule has 4 aromatic carbocycles. The van der Waals surface area contributed by atoms with Gasteiger partial charge < -0.3 is 4.42 Å². The highest BCUT2D eigenvalue weighted by Gasteiger charge is 2.28. The highest BCUT2D eigenvalue weighted by Crippen LogP contribution is 2.42. The van der Waals surface area contributed by atoms with Crippen molar-refractivity contribution in [1.82, 2.24) is 0 Å². The number of aromatic nitrogens is 1. The number of fused-ring (bicyclic) bond motifs is 3. The zero-order valence-corrected chi connectivity index (χ0v) is 22.8. The molecule has 0 saturated carbocycles. The van der Waals surface area contributed by atoms with E-state index >= 15 is 4.39 Å². The van der Waals surface area contributed by atoms with Gasteiger partial charge in [-0.3, -0.25) is 0 Å². The van der Waals surface area contributed by atoms with Crippen LogP contribution in [-0.4, -0.2) is 0 Å². The van der Waals surface area contributed by atoms with Crippen LogP contribution in [0.5, 0.6) is 0 Å². The van der Waals surface area contributed by atoms with Crippen molar-refractivity contribution in [1.29, 1.82) is 0 Å². The summed E-state index contributed by atoms with van der Waals surface area (Å²) in [5.41, 5.74) is 7.51. The monoisotopic (exact) mass is 518 g/mol. The normalized spacial score (nSPS) is 12.0. The van der Waals surface area contributed by atoms with Gasteiger partial charge in [-0.2, -0.15) is 4.57 Å². The first kappa shape index (κ1) is 25.0. The third-order valence-corrected chi connectivity index (χ3v) is 7.54. The first-order chi connectivity index (χ1) is 18.6. The lowest BCUT2D eigenvalue weighted by Gasteiger charge is -2.19. The lowest BCUT2D eigenvalue weighted by atomic mass is 9.86. The van der Waals surface area contributed by atoms with E-state index in [2.05, 4.69) is 12.1 Å². The van der Waals surface area contributed by atoms with Crippen molar-refractivity contribution in [3.05, 3.63) is 114 Å². The van der Waals surface area contributed by atoms with E-state index in [1.165, 1.54) is 12.3 Å². The number of furan rings is 1. The van der Waals surface area contributed by atoms with Crippen molar-refractivity contribution in [3.63, 3.8) is 0 Å². The fourth-order valence-corrected chi connectivity index (χ4v) is 5.47. The minimum Gasteiger partial charge on any atom is -0.454 e. The Morgan fingerprint density at radius 3 is 1.92 bits per heavy atom. The standard InChI is InChI=1S/C35H30F2NO/c1-21-11-16-25-26-17-18-28(36)32(24-14-12-23(13-15-24)22-9-7-6-8-10-22)34(26)39-33(25)31(21)30-19-27(35(2,3)4)29(37)20-38(30)5/h6-20H,1-5H3/q+1. The summed E-state index contributed by atoms with van der Waals surface area (Å²) < 4.78 is 38.8. The number of hydrogen-bond acceptors (Lipinski definition) is 1. The smallest absolute Gasteiger partial charge is 0.216 e. The maximum Gasteiger partial charge on any atom is 0.216 e. The molecular weight excluding hydrogens is 488 g/mol. The Bertz CT molecular complexity index is 1860. The summed E-state index contributed by atoms with van der Waals surface area (Å²) in [4.78, 5) is 0. The van der Waals surface area contributed by atoms with Gasteiger partial charge in [0.05, 0.1) is 11.1 Å². The molecular formula is C35H30F2NO+. The molecule has 0 N–H and O–H groups in total. The first-order valence-electron chi connectivity index (χ1n) is 13.1. The van der Waals surface area contributed by atoms with Gasteiger partial charge in [-0.1, -0.05) is 87.5 Å². The second kappa shape index (κ2) is 9.16. The van der Waals surface area contributed by atoms with Crippen molar-refractivity contribution < 1.29 is 17.8 Å². The molecule has 2 nitrogen and oxygen atoms in total. The van der Waals surface area contributed by atoms with Gasteiger partial charge in [0.1, 0.15) is 24.0 Å². The number of pyridine rings is 1. The number of halogens is 2. The van der Waals surface area contributed by atoms with Crippen molar-refractivity contribution in [2.75, 3.05) is 0 Å². The molecule has 0 radical (unpaired) electrons. The summed E-state index contributed by atoms with van der Waals surface area (Å²) in [6.45, 7) is 8.03. The van der Waals surface area contributed by atoms with Crippen LogP contribution in [0.1, 0.15) is 31.9 Å². The molecule has 0 fully saturated rings. The van der Waals surface area contributed by atoms with E-state index in [4.69, 9.17) is 4.42 Å². The van der Waals surface area contributed by atoms with Gasteiger partial charge in [-0.15, -0.1) is 0 Å². The average molecular weight is 519 g/mol. The van der Waals surface area contributed by atoms with E-state index in [1.807, 2.05) is 95.4 Å². The van der Waals surface area contributed by atoms with Gasteiger partial charge in [0.15, 0.2) is 5.82 Å². The van der Waals surface area contributed by atoms with Crippen molar-refractivity contribution in [3.8, 4) is 33.5 Å². The van der Waals surface area contributed by atoms with Crippen LogP contribution < -0.4 is 4.57 Å². The third-order valence-electron chi connectivity index (χ3n) is 7.54.